The van der Waals surface area contributed by atoms with Crippen LogP contribution in [0.2, 0.25) is 0 Å². The third-order valence-corrected chi connectivity index (χ3v) is 1.54. The van der Waals surface area contributed by atoms with Gasteiger partial charge in [0.2, 0.25) is 5.82 Å². The van der Waals surface area contributed by atoms with Gasteiger partial charge in [-0.15, -0.1) is 20.4 Å². The molecule has 2 aromatic rings. The van der Waals surface area contributed by atoms with Crippen molar-refractivity contribution in [2.45, 2.75) is 6.92 Å². The lowest BCUT2D eigenvalue weighted by Crippen LogP contribution is -1.99. The summed E-state index contributed by atoms with van der Waals surface area (Å²) in [6.45, 7) is 1.67. The highest BCUT2D eigenvalue weighted by atomic mass is 19.1. The maximum atomic E-state index is 12.8. The molecule has 0 saturated heterocycles. The third-order valence-electron chi connectivity index (χ3n) is 1.54. The van der Waals surface area contributed by atoms with E-state index in [0.29, 0.717) is 11.4 Å². The Hall–Kier alpha value is -1.98. The number of hydrogen-bond acceptors (Lipinski definition) is 5. The summed E-state index contributed by atoms with van der Waals surface area (Å²) in [5, 5.41) is 14.9. The molecule has 70 valence electrons. The maximum Gasteiger partial charge on any atom is 0.205 e. The smallest absolute Gasteiger partial charge is 0.205 e. The van der Waals surface area contributed by atoms with E-state index in [4.69, 9.17) is 0 Å². The maximum absolute atomic E-state index is 12.8. The van der Waals surface area contributed by atoms with E-state index in [-0.39, 0.29) is 5.82 Å². The van der Waals surface area contributed by atoms with Crippen molar-refractivity contribution in [3.05, 3.63) is 30.1 Å². The summed E-state index contributed by atoms with van der Waals surface area (Å²) in [7, 11) is 0. The van der Waals surface area contributed by atoms with Gasteiger partial charge >= 0.3 is 0 Å². The second kappa shape index (κ2) is 3.41. The molecule has 0 fully saturated rings. The van der Waals surface area contributed by atoms with Crippen LogP contribution in [0.5, 0.6) is 0 Å². The quantitative estimate of drug-likeness (QED) is 0.666. The molecule has 2 aromatic heterocycles. The summed E-state index contributed by atoms with van der Waals surface area (Å²) in [4.78, 5) is 3.67. The minimum atomic E-state index is -0.438. The Labute approximate surface area is 79.1 Å². The van der Waals surface area contributed by atoms with Gasteiger partial charge in [-0.1, -0.05) is 0 Å². The molecule has 2 heterocycles. The van der Waals surface area contributed by atoms with Crippen molar-refractivity contribution >= 4 is 0 Å². The zero-order valence-corrected chi connectivity index (χ0v) is 7.35. The van der Waals surface area contributed by atoms with Crippen LogP contribution in [0.25, 0.3) is 11.4 Å². The fourth-order valence-corrected chi connectivity index (χ4v) is 0.929. The van der Waals surface area contributed by atoms with Gasteiger partial charge in [0, 0.05) is 11.8 Å². The molecule has 0 bridgehead atoms. The van der Waals surface area contributed by atoms with Crippen LogP contribution in [-0.4, -0.2) is 25.4 Å². The molecular formula is C8H6FN5. The average molecular weight is 191 g/mol. The van der Waals surface area contributed by atoms with Crippen LogP contribution >= 0.6 is 0 Å². The first-order chi connectivity index (χ1) is 6.75. The third kappa shape index (κ3) is 1.68. The summed E-state index contributed by atoms with van der Waals surface area (Å²) in [5.41, 5.74) is 0.463. The molecule has 0 N–H and O–H groups in total. The Morgan fingerprint density at radius 3 is 2.43 bits per heavy atom. The van der Waals surface area contributed by atoms with E-state index in [9.17, 15) is 4.39 Å². The highest BCUT2D eigenvalue weighted by molar-refractivity contribution is 5.51. The zero-order chi connectivity index (χ0) is 9.97. The summed E-state index contributed by atoms with van der Waals surface area (Å²) < 4.78 is 12.8. The normalized spacial score (nSPS) is 10.1. The standard InChI is InChI=1S/C8H6FN5/c1-5-11-13-8(14-12-5)6-2-7(9)4-10-3-6/h2-4H,1H3. The van der Waals surface area contributed by atoms with Crippen LogP contribution in [0.4, 0.5) is 4.39 Å². The molecular weight excluding hydrogens is 185 g/mol. The van der Waals surface area contributed by atoms with Gasteiger partial charge in [-0.3, -0.25) is 4.98 Å². The molecule has 0 spiro atoms. The van der Waals surface area contributed by atoms with Crippen LogP contribution < -0.4 is 0 Å². The summed E-state index contributed by atoms with van der Waals surface area (Å²) in [6.07, 6.45) is 2.57. The minimum absolute atomic E-state index is 0.266. The number of rotatable bonds is 1. The predicted molar refractivity (Wildman–Crippen MR) is 45.5 cm³/mol. The molecule has 0 atom stereocenters. The zero-order valence-electron chi connectivity index (χ0n) is 7.35. The van der Waals surface area contributed by atoms with Crippen molar-refractivity contribution in [3.8, 4) is 11.4 Å². The number of aromatic nitrogens is 5. The van der Waals surface area contributed by atoms with Gasteiger partial charge in [0.05, 0.1) is 6.20 Å². The van der Waals surface area contributed by atoms with Gasteiger partial charge in [-0.2, -0.15) is 0 Å². The summed E-state index contributed by atoms with van der Waals surface area (Å²) in [5.74, 6) is 0.299. The Balaban J connectivity index is 2.44. The molecule has 0 unspecified atom stereocenters. The van der Waals surface area contributed by atoms with E-state index < -0.39 is 5.82 Å². The van der Waals surface area contributed by atoms with Crippen LogP contribution in [0.3, 0.4) is 0 Å². The molecule has 0 amide bonds. The average Bonchev–Trinajstić information content (AvgIpc) is 2.19. The van der Waals surface area contributed by atoms with E-state index in [1.54, 1.807) is 6.92 Å². The first-order valence-electron chi connectivity index (χ1n) is 3.90. The molecule has 0 aromatic carbocycles. The SMILES string of the molecule is Cc1nnc(-c2cncc(F)c2)nn1. The van der Waals surface area contributed by atoms with Crippen LogP contribution in [0.15, 0.2) is 18.5 Å². The molecule has 6 heteroatoms. The van der Waals surface area contributed by atoms with Gasteiger partial charge < -0.3 is 0 Å². The van der Waals surface area contributed by atoms with Crippen LogP contribution in [0, 0.1) is 12.7 Å². The minimum Gasteiger partial charge on any atom is -0.261 e. The Bertz CT molecular complexity index is 442. The van der Waals surface area contributed by atoms with Crippen molar-refractivity contribution < 1.29 is 4.39 Å². The Morgan fingerprint density at radius 2 is 1.79 bits per heavy atom. The van der Waals surface area contributed by atoms with E-state index in [0.717, 1.165) is 6.20 Å². The molecule has 0 aliphatic heterocycles. The molecule has 0 aliphatic carbocycles. The lowest BCUT2D eigenvalue weighted by Gasteiger charge is -1.96. The number of pyridine rings is 1. The van der Waals surface area contributed by atoms with E-state index in [2.05, 4.69) is 25.4 Å². The molecule has 0 saturated carbocycles. The van der Waals surface area contributed by atoms with Crippen molar-refractivity contribution in [1.82, 2.24) is 25.4 Å². The van der Waals surface area contributed by atoms with E-state index in [1.807, 2.05) is 0 Å². The van der Waals surface area contributed by atoms with E-state index >= 15 is 0 Å². The first-order valence-corrected chi connectivity index (χ1v) is 3.90. The Morgan fingerprint density at radius 1 is 1.07 bits per heavy atom. The molecule has 5 nitrogen and oxygen atoms in total. The number of nitrogens with zero attached hydrogens (tertiary/aromatic N) is 5. The largest absolute Gasteiger partial charge is 0.261 e. The lowest BCUT2D eigenvalue weighted by molar-refractivity contribution is 0.621. The van der Waals surface area contributed by atoms with Crippen molar-refractivity contribution in [3.63, 3.8) is 0 Å². The molecule has 0 radical (unpaired) electrons. The van der Waals surface area contributed by atoms with Crippen molar-refractivity contribution in [2.75, 3.05) is 0 Å². The highest BCUT2D eigenvalue weighted by Crippen LogP contribution is 2.11. The van der Waals surface area contributed by atoms with Gasteiger partial charge in [0.1, 0.15) is 5.82 Å². The van der Waals surface area contributed by atoms with Gasteiger partial charge in [0.15, 0.2) is 5.82 Å². The number of aryl methyl sites for hydroxylation is 1. The van der Waals surface area contributed by atoms with Gasteiger partial charge in [-0.05, 0) is 13.0 Å². The molecule has 14 heavy (non-hydrogen) atoms. The number of hydrogen-bond donors (Lipinski definition) is 0. The first kappa shape index (κ1) is 8.61. The number of halogens is 1. The predicted octanol–water partition coefficient (Wildman–Crippen LogP) is 0.776. The fraction of sp³-hybridized carbons (Fsp3) is 0.125. The second-order valence-corrected chi connectivity index (χ2v) is 2.66. The molecule has 2 rings (SSSR count). The lowest BCUT2D eigenvalue weighted by atomic mass is 10.3. The van der Waals surface area contributed by atoms with E-state index in [1.165, 1.54) is 12.3 Å². The summed E-state index contributed by atoms with van der Waals surface area (Å²) >= 11 is 0. The van der Waals surface area contributed by atoms with Crippen LogP contribution in [0.1, 0.15) is 5.82 Å². The second-order valence-electron chi connectivity index (χ2n) is 2.66. The van der Waals surface area contributed by atoms with Crippen molar-refractivity contribution in [1.29, 1.82) is 0 Å². The monoisotopic (exact) mass is 191 g/mol. The van der Waals surface area contributed by atoms with Gasteiger partial charge in [0.25, 0.3) is 0 Å². The summed E-state index contributed by atoms with van der Waals surface area (Å²) in [6, 6.07) is 1.28. The fourth-order valence-electron chi connectivity index (χ4n) is 0.929. The van der Waals surface area contributed by atoms with Crippen LogP contribution in [-0.2, 0) is 0 Å². The highest BCUT2D eigenvalue weighted by Gasteiger charge is 2.03. The topological polar surface area (TPSA) is 64.5 Å². The molecule has 0 aliphatic rings. The Kier molecular flexibility index (Phi) is 2.10. The van der Waals surface area contributed by atoms with Crippen molar-refractivity contribution in [2.24, 2.45) is 0 Å². The van der Waals surface area contributed by atoms with Gasteiger partial charge in [-0.25, -0.2) is 4.39 Å².